The van der Waals surface area contributed by atoms with Gasteiger partial charge in [0, 0.05) is 37.1 Å². The smallest absolute Gasteiger partial charge is 0.261 e. The number of morpholine rings is 1. The molecule has 1 amide bonds. The number of anilines is 2. The maximum atomic E-state index is 12.9. The number of hydrogen-bond donors (Lipinski definition) is 2. The van der Waals surface area contributed by atoms with Crippen LogP contribution >= 0.6 is 0 Å². The van der Waals surface area contributed by atoms with Crippen molar-refractivity contribution >= 4 is 28.3 Å². The highest BCUT2D eigenvalue weighted by atomic mass is 16.5. The summed E-state index contributed by atoms with van der Waals surface area (Å²) in [7, 11) is 0. The van der Waals surface area contributed by atoms with Crippen LogP contribution in [0.1, 0.15) is 35.2 Å². The zero-order chi connectivity index (χ0) is 24.4. The monoisotopic (exact) mass is 476 g/mol. The first-order valence-corrected chi connectivity index (χ1v) is 11.8. The Hall–Kier alpha value is -3.68. The first-order valence-electron chi connectivity index (χ1n) is 11.8. The van der Waals surface area contributed by atoms with Gasteiger partial charge < -0.3 is 24.7 Å². The highest BCUT2D eigenvalue weighted by Gasteiger charge is 2.38. The minimum absolute atomic E-state index is 0.0146. The molecule has 10 heteroatoms. The zero-order valence-electron chi connectivity index (χ0n) is 19.7. The van der Waals surface area contributed by atoms with E-state index >= 15 is 0 Å². The zero-order valence-corrected chi connectivity index (χ0v) is 19.7. The lowest BCUT2D eigenvalue weighted by Crippen LogP contribution is -2.42. The van der Waals surface area contributed by atoms with E-state index in [1.54, 1.807) is 27.9 Å². The molecule has 0 bridgehead atoms. The maximum Gasteiger partial charge on any atom is 0.261 e. The summed E-state index contributed by atoms with van der Waals surface area (Å²) in [5.74, 6) is 0.385. The second-order valence-electron chi connectivity index (χ2n) is 9.10. The fourth-order valence-electron chi connectivity index (χ4n) is 4.95. The number of carbonyl (C=O) groups excluding carboxylic acids is 1. The summed E-state index contributed by atoms with van der Waals surface area (Å²) < 4.78 is 12.9. The lowest BCUT2D eigenvalue weighted by molar-refractivity contribution is -0.00174. The summed E-state index contributed by atoms with van der Waals surface area (Å²) in [6, 6.07) is 9.57. The standard InChI is InChI=1S/C25H28N6O4/c1-17-15-18(3-4-19(17)24(33)30-10-13-34-14-11-30)28-22-21-20(5-9-27-23(21)32)31(29-22)25(7-8-26)6-2-12-35-16-25/h3-5,9,15H,2,6-7,10-14,16H2,1H3,(H,27,32)(H,28,29)/t25-/m0/s1. The number of aryl methyl sites for hydroxylation is 1. The minimum Gasteiger partial charge on any atom is -0.379 e. The molecule has 2 aromatic heterocycles. The predicted molar refractivity (Wildman–Crippen MR) is 130 cm³/mol. The third kappa shape index (κ3) is 4.29. The van der Waals surface area contributed by atoms with Gasteiger partial charge in [-0.15, -0.1) is 0 Å². The largest absolute Gasteiger partial charge is 0.379 e. The van der Waals surface area contributed by atoms with Gasteiger partial charge in [0.2, 0.25) is 0 Å². The molecule has 0 saturated carbocycles. The van der Waals surface area contributed by atoms with Crippen LogP contribution in [-0.2, 0) is 15.0 Å². The Morgan fingerprint density at radius 3 is 2.80 bits per heavy atom. The number of ether oxygens (including phenoxy) is 2. The molecule has 10 nitrogen and oxygen atoms in total. The molecule has 2 saturated heterocycles. The highest BCUT2D eigenvalue weighted by Crippen LogP contribution is 2.35. The number of aromatic nitrogens is 3. The Balaban J connectivity index is 1.50. The van der Waals surface area contributed by atoms with E-state index in [9.17, 15) is 14.9 Å². The quantitative estimate of drug-likeness (QED) is 0.580. The van der Waals surface area contributed by atoms with Crippen molar-refractivity contribution in [2.24, 2.45) is 0 Å². The van der Waals surface area contributed by atoms with Gasteiger partial charge in [-0.2, -0.15) is 10.4 Å². The van der Waals surface area contributed by atoms with Crippen molar-refractivity contribution < 1.29 is 14.3 Å². The third-order valence-corrected chi connectivity index (χ3v) is 6.78. The lowest BCUT2D eigenvalue weighted by atomic mass is 9.89. The lowest BCUT2D eigenvalue weighted by Gasteiger charge is -2.35. The molecule has 1 atom stereocenters. The minimum atomic E-state index is -0.636. The number of H-pyrrole nitrogens is 1. The number of pyridine rings is 1. The van der Waals surface area contributed by atoms with Crippen molar-refractivity contribution in [3.63, 3.8) is 0 Å². The molecule has 2 aliphatic heterocycles. The van der Waals surface area contributed by atoms with E-state index in [2.05, 4.69) is 16.4 Å². The summed E-state index contributed by atoms with van der Waals surface area (Å²) in [6.45, 7) is 5.16. The number of hydrogen-bond acceptors (Lipinski definition) is 7. The van der Waals surface area contributed by atoms with Gasteiger partial charge in [-0.25, -0.2) is 0 Å². The number of rotatable bonds is 5. The molecular formula is C25H28N6O4. The number of nitrogens with zero attached hydrogens (tertiary/aromatic N) is 4. The summed E-state index contributed by atoms with van der Waals surface area (Å²) in [6.07, 6.45) is 3.37. The van der Waals surface area contributed by atoms with Gasteiger partial charge in [-0.05, 0) is 49.6 Å². The molecule has 0 unspecified atom stereocenters. The fourth-order valence-corrected chi connectivity index (χ4v) is 4.95. The molecule has 2 aliphatic rings. The number of nitrogens with one attached hydrogen (secondary N) is 2. The number of aromatic amines is 1. The maximum absolute atomic E-state index is 12.9. The molecule has 182 valence electrons. The van der Waals surface area contributed by atoms with Gasteiger partial charge >= 0.3 is 0 Å². The molecule has 4 heterocycles. The molecule has 5 rings (SSSR count). The van der Waals surface area contributed by atoms with Crippen molar-refractivity contribution in [3.05, 3.63) is 51.9 Å². The van der Waals surface area contributed by atoms with Gasteiger partial charge in [-0.3, -0.25) is 14.3 Å². The number of nitriles is 1. The normalized spacial score (nSPS) is 20.5. The summed E-state index contributed by atoms with van der Waals surface area (Å²) >= 11 is 0. The Bertz CT molecular complexity index is 1340. The molecule has 2 fully saturated rings. The van der Waals surface area contributed by atoms with Crippen molar-refractivity contribution in [1.29, 1.82) is 5.26 Å². The van der Waals surface area contributed by atoms with E-state index in [0.717, 1.165) is 18.4 Å². The van der Waals surface area contributed by atoms with Crippen LogP contribution in [-0.4, -0.2) is 65.1 Å². The summed E-state index contributed by atoms with van der Waals surface area (Å²) in [5.41, 5.74) is 1.92. The van der Waals surface area contributed by atoms with Gasteiger partial charge in [0.1, 0.15) is 5.39 Å². The van der Waals surface area contributed by atoms with E-state index < -0.39 is 5.54 Å². The summed E-state index contributed by atoms with van der Waals surface area (Å²) in [4.78, 5) is 30.3. The molecule has 0 aliphatic carbocycles. The van der Waals surface area contributed by atoms with Crippen LogP contribution in [0, 0.1) is 18.3 Å². The summed E-state index contributed by atoms with van der Waals surface area (Å²) in [5, 5.41) is 18.0. The highest BCUT2D eigenvalue weighted by molar-refractivity contribution is 5.96. The first kappa shape index (κ1) is 23.1. The first-order chi connectivity index (χ1) is 17.0. The van der Waals surface area contributed by atoms with E-state index in [1.807, 2.05) is 19.1 Å². The van der Waals surface area contributed by atoms with Crippen LogP contribution in [0.5, 0.6) is 0 Å². The van der Waals surface area contributed by atoms with Gasteiger partial charge in [0.05, 0.1) is 43.4 Å². The second kappa shape index (κ2) is 9.52. The van der Waals surface area contributed by atoms with Crippen LogP contribution in [0.3, 0.4) is 0 Å². The third-order valence-electron chi connectivity index (χ3n) is 6.78. The molecular weight excluding hydrogens is 448 g/mol. The van der Waals surface area contributed by atoms with Crippen LogP contribution in [0.2, 0.25) is 0 Å². The van der Waals surface area contributed by atoms with Gasteiger partial charge in [0.25, 0.3) is 11.5 Å². The SMILES string of the molecule is Cc1cc(Nc2nn([C@]3(CC#N)CCCOC3)c3cc[nH]c(=O)c23)ccc1C(=O)N1CCOCC1. The molecule has 0 radical (unpaired) electrons. The Morgan fingerprint density at radius 1 is 1.26 bits per heavy atom. The van der Waals surface area contributed by atoms with Crippen molar-refractivity contribution in [2.75, 3.05) is 44.8 Å². The Kier molecular flexibility index (Phi) is 6.28. The van der Waals surface area contributed by atoms with E-state index in [0.29, 0.717) is 67.5 Å². The molecule has 35 heavy (non-hydrogen) atoms. The average Bonchev–Trinajstić information content (AvgIpc) is 3.25. The number of fused-ring (bicyclic) bond motifs is 1. The molecule has 3 aromatic rings. The molecule has 1 aromatic carbocycles. The number of benzene rings is 1. The van der Waals surface area contributed by atoms with E-state index in [1.165, 1.54) is 0 Å². The van der Waals surface area contributed by atoms with Gasteiger partial charge in [0.15, 0.2) is 5.82 Å². The Morgan fingerprint density at radius 2 is 2.09 bits per heavy atom. The van der Waals surface area contributed by atoms with Crippen molar-refractivity contribution in [1.82, 2.24) is 19.7 Å². The number of amides is 1. The number of carbonyl (C=O) groups is 1. The molecule has 0 spiro atoms. The van der Waals surface area contributed by atoms with Crippen LogP contribution in [0.15, 0.2) is 35.3 Å². The van der Waals surface area contributed by atoms with E-state index in [4.69, 9.17) is 14.6 Å². The van der Waals surface area contributed by atoms with Crippen molar-refractivity contribution in [2.45, 2.75) is 31.7 Å². The average molecular weight is 477 g/mol. The second-order valence-corrected chi connectivity index (χ2v) is 9.10. The van der Waals surface area contributed by atoms with Crippen LogP contribution in [0.4, 0.5) is 11.5 Å². The van der Waals surface area contributed by atoms with Gasteiger partial charge in [-0.1, -0.05) is 0 Å². The van der Waals surface area contributed by atoms with E-state index in [-0.39, 0.29) is 17.9 Å². The topological polar surface area (TPSA) is 125 Å². The van der Waals surface area contributed by atoms with Crippen molar-refractivity contribution in [3.8, 4) is 6.07 Å². The Labute approximate surface area is 202 Å². The predicted octanol–water partition coefficient (Wildman–Crippen LogP) is 2.67. The fraction of sp³-hybridized carbons (Fsp3) is 0.440. The van der Waals surface area contributed by atoms with Crippen LogP contribution in [0.25, 0.3) is 10.9 Å². The van der Waals surface area contributed by atoms with Crippen LogP contribution < -0.4 is 10.9 Å². The molecule has 2 N–H and O–H groups in total.